The molecule has 0 spiro atoms. The Morgan fingerprint density at radius 3 is 2.00 bits per heavy atom. The van der Waals surface area contributed by atoms with Crippen LogP contribution in [0, 0.1) is 0 Å². The summed E-state index contributed by atoms with van der Waals surface area (Å²) >= 11 is 0. The number of hydrogen-bond donors (Lipinski definition) is 0. The second-order valence-corrected chi connectivity index (χ2v) is 3.04. The molecule has 0 aliphatic carbocycles. The lowest BCUT2D eigenvalue weighted by molar-refractivity contribution is 0.513. The Hall–Kier alpha value is -0.560. The molecule has 0 N–H and O–H groups in total. The van der Waals surface area contributed by atoms with Crippen molar-refractivity contribution < 1.29 is 4.57 Å². The topological polar surface area (TPSA) is 23.1 Å². The quantitative estimate of drug-likeness (QED) is 0.444. The highest BCUT2D eigenvalue weighted by atomic mass is 31.1. The molecule has 2 aliphatic heterocycles. The van der Waals surface area contributed by atoms with Crippen molar-refractivity contribution in [2.75, 3.05) is 26.2 Å². The summed E-state index contributed by atoms with van der Waals surface area (Å²) in [5.74, 6) is 2.91. The van der Waals surface area contributed by atoms with Gasteiger partial charge in [0.1, 0.15) is 5.82 Å². The van der Waals surface area contributed by atoms with Crippen molar-refractivity contribution in [3.63, 3.8) is 0 Å². The minimum Gasteiger partial charge on any atom is -0.354 e. The van der Waals surface area contributed by atoms with Crippen molar-refractivity contribution in [1.82, 2.24) is 9.80 Å². The van der Waals surface area contributed by atoms with E-state index < -0.39 is 0 Å². The molecular weight excluding hydrogens is 147 g/mol. The van der Waals surface area contributed by atoms with Crippen LogP contribution in [-0.4, -0.2) is 36.0 Å². The summed E-state index contributed by atoms with van der Waals surface area (Å²) < 4.78 is 10.2. The fraction of sp³-hybridized carbons (Fsp3) is 0.667. The first kappa shape index (κ1) is 6.17. The third-order valence-electron chi connectivity index (χ3n) is 1.71. The van der Waals surface area contributed by atoms with E-state index >= 15 is 0 Å². The Morgan fingerprint density at radius 1 is 1.20 bits per heavy atom. The van der Waals surface area contributed by atoms with Crippen molar-refractivity contribution in [3.8, 4) is 0 Å². The van der Waals surface area contributed by atoms with Crippen LogP contribution in [0.15, 0.2) is 11.6 Å². The van der Waals surface area contributed by atoms with Gasteiger partial charge in [-0.05, 0) is 0 Å². The van der Waals surface area contributed by atoms with Gasteiger partial charge in [-0.1, -0.05) is 0 Å². The molecule has 4 heteroatoms. The van der Waals surface area contributed by atoms with Crippen LogP contribution in [0.1, 0.15) is 0 Å². The molecule has 0 unspecified atom stereocenters. The predicted molar refractivity (Wildman–Crippen MR) is 38.8 cm³/mol. The van der Waals surface area contributed by atoms with E-state index in [1.165, 1.54) is 0 Å². The summed E-state index contributed by atoms with van der Waals surface area (Å²) in [5, 5.41) is 0. The molecule has 10 heavy (non-hydrogen) atoms. The van der Waals surface area contributed by atoms with Crippen LogP contribution in [0.4, 0.5) is 0 Å². The maximum atomic E-state index is 10.2. The van der Waals surface area contributed by atoms with Gasteiger partial charge in [-0.2, -0.15) is 0 Å². The SMILES string of the molecule is O=PC=C(N1CC1)N1CC1. The lowest BCUT2D eigenvalue weighted by Gasteiger charge is -2.07. The van der Waals surface area contributed by atoms with Crippen molar-refractivity contribution in [2.45, 2.75) is 0 Å². The largest absolute Gasteiger partial charge is 0.354 e. The van der Waals surface area contributed by atoms with Crippen LogP contribution >= 0.6 is 8.46 Å². The van der Waals surface area contributed by atoms with Crippen molar-refractivity contribution in [2.24, 2.45) is 0 Å². The molecule has 0 radical (unpaired) electrons. The van der Waals surface area contributed by atoms with E-state index in [1.54, 1.807) is 5.82 Å². The van der Waals surface area contributed by atoms with Gasteiger partial charge in [0, 0.05) is 32.0 Å². The molecule has 0 amide bonds. The molecule has 2 heterocycles. The van der Waals surface area contributed by atoms with E-state index in [4.69, 9.17) is 0 Å². The molecule has 0 aromatic carbocycles. The molecule has 2 fully saturated rings. The highest BCUT2D eigenvalue weighted by Crippen LogP contribution is 2.25. The second-order valence-electron chi connectivity index (χ2n) is 2.57. The monoisotopic (exact) mass is 156 g/mol. The maximum absolute atomic E-state index is 10.2. The van der Waals surface area contributed by atoms with Crippen LogP contribution in [0.5, 0.6) is 0 Å². The molecule has 54 valence electrons. The van der Waals surface area contributed by atoms with Crippen LogP contribution < -0.4 is 0 Å². The molecule has 2 aliphatic rings. The summed E-state index contributed by atoms with van der Waals surface area (Å²) in [7, 11) is 0.130. The number of hydrogen-bond acceptors (Lipinski definition) is 3. The van der Waals surface area contributed by atoms with Gasteiger partial charge in [0.25, 0.3) is 0 Å². The van der Waals surface area contributed by atoms with Gasteiger partial charge in [0.05, 0.1) is 0 Å². The average molecular weight is 156 g/mol. The van der Waals surface area contributed by atoms with Gasteiger partial charge >= 0.3 is 0 Å². The standard InChI is InChI=1S/C6H9N2OP/c9-10-5-6(7-1-2-7)8-3-4-8/h5H,1-4H2. The summed E-state index contributed by atoms with van der Waals surface area (Å²) in [6, 6.07) is 0. The molecular formula is C6H9N2OP. The van der Waals surface area contributed by atoms with Gasteiger partial charge in [0.2, 0.25) is 0 Å². The Bertz CT molecular complexity index is 170. The maximum Gasteiger partial charge on any atom is 0.188 e. The van der Waals surface area contributed by atoms with Crippen LogP contribution in [-0.2, 0) is 4.57 Å². The van der Waals surface area contributed by atoms with Crippen molar-refractivity contribution in [1.29, 1.82) is 0 Å². The minimum atomic E-state index is 0.130. The molecule has 2 saturated heterocycles. The summed E-state index contributed by atoms with van der Waals surface area (Å²) in [4.78, 5) is 4.44. The molecule has 3 nitrogen and oxygen atoms in total. The molecule has 0 aromatic heterocycles. The molecule has 0 saturated carbocycles. The molecule has 2 rings (SSSR count). The number of rotatable bonds is 3. The third-order valence-corrected chi connectivity index (χ3v) is 2.05. The highest BCUT2D eigenvalue weighted by Gasteiger charge is 2.30. The summed E-state index contributed by atoms with van der Waals surface area (Å²) in [5.41, 5.74) is 0. The zero-order chi connectivity index (χ0) is 6.97. The fourth-order valence-electron chi connectivity index (χ4n) is 0.969. The smallest absolute Gasteiger partial charge is 0.188 e. The Kier molecular flexibility index (Phi) is 1.38. The zero-order valence-electron chi connectivity index (χ0n) is 5.66. The predicted octanol–water partition coefficient (Wildman–Crippen LogP) is 0.708. The van der Waals surface area contributed by atoms with Gasteiger partial charge in [-0.3, -0.25) is 4.57 Å². The van der Waals surface area contributed by atoms with Gasteiger partial charge in [0.15, 0.2) is 8.46 Å². The third kappa shape index (κ3) is 1.14. The Morgan fingerprint density at radius 2 is 1.70 bits per heavy atom. The van der Waals surface area contributed by atoms with Crippen LogP contribution in [0.2, 0.25) is 0 Å². The Labute approximate surface area is 61.5 Å². The zero-order valence-corrected chi connectivity index (χ0v) is 6.55. The van der Waals surface area contributed by atoms with E-state index in [0.29, 0.717) is 0 Å². The van der Waals surface area contributed by atoms with Crippen LogP contribution in [0.25, 0.3) is 0 Å². The minimum absolute atomic E-state index is 0.130. The molecule has 0 aromatic rings. The lowest BCUT2D eigenvalue weighted by atomic mass is 10.8. The molecule has 0 atom stereocenters. The Balaban J connectivity index is 2.04. The highest BCUT2D eigenvalue weighted by molar-refractivity contribution is 7.27. The summed E-state index contributed by atoms with van der Waals surface area (Å²) in [6.45, 7) is 4.55. The van der Waals surface area contributed by atoms with Gasteiger partial charge < -0.3 is 9.80 Å². The first-order chi connectivity index (χ1) is 4.92. The number of nitrogens with zero attached hydrogens (tertiary/aromatic N) is 2. The summed E-state index contributed by atoms with van der Waals surface area (Å²) in [6.07, 6.45) is 0. The van der Waals surface area contributed by atoms with Crippen molar-refractivity contribution >= 4 is 8.46 Å². The lowest BCUT2D eigenvalue weighted by Crippen LogP contribution is -2.05. The van der Waals surface area contributed by atoms with Gasteiger partial charge in [-0.15, -0.1) is 0 Å². The van der Waals surface area contributed by atoms with Crippen LogP contribution in [0.3, 0.4) is 0 Å². The first-order valence-corrected chi connectivity index (χ1v) is 4.32. The fourth-order valence-corrected chi connectivity index (χ4v) is 1.39. The van der Waals surface area contributed by atoms with E-state index in [-0.39, 0.29) is 8.46 Å². The van der Waals surface area contributed by atoms with Gasteiger partial charge in [-0.25, -0.2) is 0 Å². The van der Waals surface area contributed by atoms with E-state index in [9.17, 15) is 4.57 Å². The van der Waals surface area contributed by atoms with Crippen molar-refractivity contribution in [3.05, 3.63) is 11.6 Å². The normalized spacial score (nSPS) is 21.2. The van der Waals surface area contributed by atoms with E-state index in [0.717, 1.165) is 32.0 Å². The second kappa shape index (κ2) is 2.24. The molecule has 0 bridgehead atoms. The van der Waals surface area contributed by atoms with E-state index in [2.05, 4.69) is 9.80 Å². The first-order valence-electron chi connectivity index (χ1n) is 3.44. The van der Waals surface area contributed by atoms with E-state index in [1.807, 2.05) is 0 Å². The average Bonchev–Trinajstić information content (AvgIpc) is 2.77.